The van der Waals surface area contributed by atoms with Gasteiger partial charge in [0.05, 0.1) is 6.42 Å². The first-order valence-corrected chi connectivity index (χ1v) is 3.43. The monoisotopic (exact) mass is 192 g/mol. The summed E-state index contributed by atoms with van der Waals surface area (Å²) in [4.78, 5) is 13.0. The van der Waals surface area contributed by atoms with Gasteiger partial charge in [0.15, 0.2) is 0 Å². The molecule has 0 aromatic carbocycles. The number of anilines is 1. The highest BCUT2D eigenvalue weighted by atomic mass is 19.4. The molecule has 1 aromatic heterocycles. The largest absolute Gasteiger partial charge is 0.394 e. The van der Waals surface area contributed by atoms with Gasteiger partial charge in [-0.1, -0.05) is 0 Å². The maximum atomic E-state index is 11.9. The Kier molecular flexibility index (Phi) is 2.31. The summed E-state index contributed by atoms with van der Waals surface area (Å²) in [5.74, 6) is 0. The van der Waals surface area contributed by atoms with E-state index in [1.54, 1.807) is 0 Å². The van der Waals surface area contributed by atoms with Crippen molar-refractivity contribution in [1.29, 1.82) is 0 Å². The van der Waals surface area contributed by atoms with Crippen molar-refractivity contribution in [3.63, 3.8) is 0 Å². The normalized spacial score (nSPS) is 11.6. The highest BCUT2D eigenvalue weighted by Crippen LogP contribution is 2.22. The van der Waals surface area contributed by atoms with Crippen molar-refractivity contribution in [2.45, 2.75) is 12.6 Å². The van der Waals surface area contributed by atoms with Crippen molar-refractivity contribution in [2.24, 2.45) is 0 Å². The fourth-order valence-corrected chi connectivity index (χ4v) is 0.901. The average Bonchev–Trinajstić information content (AvgIpc) is 1.96. The molecule has 3 nitrogen and oxygen atoms in total. The summed E-state index contributed by atoms with van der Waals surface area (Å²) < 4.78 is 35.7. The maximum absolute atomic E-state index is 11.9. The molecule has 0 radical (unpaired) electrons. The molecule has 1 rings (SSSR count). The molecule has 0 saturated carbocycles. The number of hydrogen-bond acceptors (Lipinski definition) is 2. The van der Waals surface area contributed by atoms with Gasteiger partial charge in [-0.25, -0.2) is 0 Å². The number of alkyl halides is 3. The van der Waals surface area contributed by atoms with Crippen LogP contribution in [0.5, 0.6) is 0 Å². The predicted octanol–water partition coefficient (Wildman–Crippen LogP) is 1.06. The summed E-state index contributed by atoms with van der Waals surface area (Å²) in [6.07, 6.45) is -4.38. The van der Waals surface area contributed by atoms with Gasteiger partial charge in [0.1, 0.15) is 5.69 Å². The summed E-state index contributed by atoms with van der Waals surface area (Å²) >= 11 is 0. The van der Waals surface area contributed by atoms with Gasteiger partial charge >= 0.3 is 6.18 Å². The first-order valence-electron chi connectivity index (χ1n) is 3.43. The number of H-pyrrole nitrogens is 1. The number of aromatic amines is 1. The van der Waals surface area contributed by atoms with E-state index >= 15 is 0 Å². The second-order valence-electron chi connectivity index (χ2n) is 2.54. The smallest absolute Gasteiger partial charge is 0.393 e. The molecule has 0 amide bonds. The first-order chi connectivity index (χ1) is 5.90. The molecule has 0 bridgehead atoms. The van der Waals surface area contributed by atoms with E-state index in [-0.39, 0.29) is 11.3 Å². The molecule has 0 unspecified atom stereocenters. The van der Waals surface area contributed by atoms with Crippen LogP contribution < -0.4 is 11.3 Å². The van der Waals surface area contributed by atoms with Crippen molar-refractivity contribution < 1.29 is 13.2 Å². The van der Waals surface area contributed by atoms with Gasteiger partial charge in [-0.2, -0.15) is 13.2 Å². The van der Waals surface area contributed by atoms with Gasteiger partial charge in [0.2, 0.25) is 0 Å². The topological polar surface area (TPSA) is 58.9 Å². The van der Waals surface area contributed by atoms with E-state index in [2.05, 4.69) is 4.98 Å². The summed E-state index contributed by atoms with van der Waals surface area (Å²) in [5.41, 5.74) is 3.88. The molecule has 0 aliphatic rings. The number of hydrogen-bond donors (Lipinski definition) is 2. The van der Waals surface area contributed by atoms with E-state index in [1.165, 1.54) is 0 Å². The molecule has 0 fully saturated rings. The van der Waals surface area contributed by atoms with Gasteiger partial charge in [0, 0.05) is 6.20 Å². The number of rotatable bonds is 1. The minimum absolute atomic E-state index is 0.198. The zero-order valence-electron chi connectivity index (χ0n) is 6.48. The minimum Gasteiger partial charge on any atom is -0.394 e. The number of aromatic nitrogens is 1. The third-order valence-electron chi connectivity index (χ3n) is 1.48. The third-order valence-corrected chi connectivity index (χ3v) is 1.48. The molecular formula is C7H7F3N2O. The maximum Gasteiger partial charge on any atom is 0.393 e. The molecule has 0 aliphatic heterocycles. The van der Waals surface area contributed by atoms with Crippen molar-refractivity contribution in [3.8, 4) is 0 Å². The van der Waals surface area contributed by atoms with Crippen LogP contribution in [-0.2, 0) is 6.42 Å². The quantitative estimate of drug-likeness (QED) is 0.698. The van der Waals surface area contributed by atoms with Crippen molar-refractivity contribution in [1.82, 2.24) is 4.98 Å². The highest BCUT2D eigenvalue weighted by molar-refractivity contribution is 5.44. The Morgan fingerprint density at radius 1 is 1.46 bits per heavy atom. The van der Waals surface area contributed by atoms with Crippen LogP contribution in [0.3, 0.4) is 0 Å². The van der Waals surface area contributed by atoms with Gasteiger partial charge in [-0.15, -0.1) is 0 Å². The molecule has 1 heterocycles. The highest BCUT2D eigenvalue weighted by Gasteiger charge is 2.28. The second kappa shape index (κ2) is 3.12. The molecule has 0 saturated heterocycles. The van der Waals surface area contributed by atoms with Gasteiger partial charge < -0.3 is 10.7 Å². The standard InChI is InChI=1S/C7H7F3N2O/c8-7(9,10)3-4-1-2-12-6(13)5(4)11/h1-2H,3,11H2,(H,12,13). The Hall–Kier alpha value is -1.46. The number of nitrogens with two attached hydrogens (primary N) is 1. The third kappa shape index (κ3) is 2.50. The van der Waals surface area contributed by atoms with Crippen molar-refractivity contribution >= 4 is 5.69 Å². The van der Waals surface area contributed by atoms with Crippen molar-refractivity contribution in [2.75, 3.05) is 5.73 Å². The number of nitrogen functional groups attached to an aromatic ring is 1. The molecule has 6 heteroatoms. The van der Waals surface area contributed by atoms with Gasteiger partial charge in [-0.3, -0.25) is 4.79 Å². The van der Waals surface area contributed by atoms with Crippen LogP contribution in [0.25, 0.3) is 0 Å². The Morgan fingerprint density at radius 2 is 2.08 bits per heavy atom. The van der Waals surface area contributed by atoms with Crippen molar-refractivity contribution in [3.05, 3.63) is 28.2 Å². The predicted molar refractivity (Wildman–Crippen MR) is 41.2 cm³/mol. The van der Waals surface area contributed by atoms with Crippen LogP contribution >= 0.6 is 0 Å². The second-order valence-corrected chi connectivity index (χ2v) is 2.54. The Bertz CT molecular complexity index is 355. The average molecular weight is 192 g/mol. The minimum atomic E-state index is -4.35. The SMILES string of the molecule is Nc1c(CC(F)(F)F)cc[nH]c1=O. The summed E-state index contributed by atoms with van der Waals surface area (Å²) in [7, 11) is 0. The zero-order valence-corrected chi connectivity index (χ0v) is 6.48. The summed E-state index contributed by atoms with van der Waals surface area (Å²) in [6.45, 7) is 0. The fraction of sp³-hybridized carbons (Fsp3) is 0.286. The van der Waals surface area contributed by atoms with E-state index in [9.17, 15) is 18.0 Å². The molecule has 72 valence electrons. The molecule has 13 heavy (non-hydrogen) atoms. The van der Waals surface area contributed by atoms with Gasteiger partial charge in [0.25, 0.3) is 5.56 Å². The van der Waals surface area contributed by atoms with E-state index in [0.29, 0.717) is 0 Å². The molecular weight excluding hydrogens is 185 g/mol. The lowest BCUT2D eigenvalue weighted by Gasteiger charge is -2.07. The van der Waals surface area contributed by atoms with Crippen LogP contribution in [0.2, 0.25) is 0 Å². The molecule has 3 N–H and O–H groups in total. The summed E-state index contributed by atoms with van der Waals surface area (Å²) in [5, 5.41) is 0. The van der Waals surface area contributed by atoms with Crippen LogP contribution in [0.15, 0.2) is 17.1 Å². The first kappa shape index (κ1) is 9.63. The number of nitrogens with one attached hydrogen (secondary N) is 1. The number of pyridine rings is 1. The lowest BCUT2D eigenvalue weighted by atomic mass is 10.1. The molecule has 0 spiro atoms. The van der Waals surface area contributed by atoms with E-state index < -0.39 is 18.2 Å². The number of halogens is 3. The van der Waals surface area contributed by atoms with E-state index in [0.717, 1.165) is 12.3 Å². The Labute approximate surface area is 71.4 Å². The lowest BCUT2D eigenvalue weighted by Crippen LogP contribution is -2.18. The lowest BCUT2D eigenvalue weighted by molar-refractivity contribution is -0.127. The van der Waals surface area contributed by atoms with Gasteiger partial charge in [-0.05, 0) is 11.6 Å². The molecule has 0 atom stereocenters. The van der Waals surface area contributed by atoms with E-state index in [1.807, 2.05) is 0 Å². The van der Waals surface area contributed by atoms with Crippen LogP contribution in [-0.4, -0.2) is 11.2 Å². The fourth-order valence-electron chi connectivity index (χ4n) is 0.901. The van der Waals surface area contributed by atoms with Crippen LogP contribution in [0.4, 0.5) is 18.9 Å². The molecule has 0 aliphatic carbocycles. The Balaban J connectivity index is 3.03. The molecule has 1 aromatic rings. The van der Waals surface area contributed by atoms with Crippen LogP contribution in [0.1, 0.15) is 5.56 Å². The Morgan fingerprint density at radius 3 is 2.62 bits per heavy atom. The summed E-state index contributed by atoms with van der Waals surface area (Å²) in [6, 6.07) is 1.14. The van der Waals surface area contributed by atoms with E-state index in [4.69, 9.17) is 5.73 Å². The van der Waals surface area contributed by atoms with Crippen LogP contribution in [0, 0.1) is 0 Å². The zero-order chi connectivity index (χ0) is 10.1.